The maximum absolute atomic E-state index is 12.8. The molecule has 4 aliphatic carbocycles. The first-order valence-corrected chi connectivity index (χ1v) is 28.8. The van der Waals surface area contributed by atoms with Crippen LogP contribution < -0.4 is 0 Å². The zero-order valence-electron chi connectivity index (χ0n) is 48.0. The van der Waals surface area contributed by atoms with Crippen molar-refractivity contribution < 1.29 is 67.1 Å². The van der Waals surface area contributed by atoms with Crippen LogP contribution in [0.2, 0.25) is 0 Å². The smallest absolute Gasteiger partial charge is 0.334 e. The van der Waals surface area contributed by atoms with E-state index in [2.05, 4.69) is 48.0 Å². The molecule has 0 aromatic carbocycles. The molecular weight excluding hydrogens is 1070 g/mol. The van der Waals surface area contributed by atoms with Crippen molar-refractivity contribution in [2.45, 2.75) is 129 Å². The molecule has 0 spiro atoms. The van der Waals surface area contributed by atoms with Gasteiger partial charge >= 0.3 is 11.9 Å². The first-order chi connectivity index (χ1) is 39.6. The van der Waals surface area contributed by atoms with Crippen molar-refractivity contribution in [3.05, 3.63) is 24.3 Å². The summed E-state index contributed by atoms with van der Waals surface area (Å²) in [5.74, 6) is 5.91. The third-order valence-corrected chi connectivity index (χ3v) is 16.2. The molecule has 444 valence electrons. The van der Waals surface area contributed by atoms with Gasteiger partial charge in [0, 0.05) is 77.8 Å². The van der Waals surface area contributed by atoms with Gasteiger partial charge in [-0.3, -0.25) is 62.5 Å². The molecular formula is C62H77N7O14. The quantitative estimate of drug-likeness (QED) is 0.0344. The van der Waals surface area contributed by atoms with Crippen molar-refractivity contribution in [1.29, 1.82) is 0 Å². The number of unbranched alkanes of at least 4 members (excludes halogenated alkanes) is 4. The number of fused-ring (bicyclic) bond motifs is 10. The van der Waals surface area contributed by atoms with Crippen LogP contribution in [0.15, 0.2) is 24.3 Å². The number of esters is 1. The molecule has 7 aliphatic rings. The second-order valence-electron chi connectivity index (χ2n) is 23.0. The van der Waals surface area contributed by atoms with Crippen LogP contribution in [0.1, 0.15) is 124 Å². The van der Waals surface area contributed by atoms with Gasteiger partial charge < -0.3 is 29.2 Å². The number of amides is 10. The minimum Gasteiger partial charge on any atom is -0.460 e. The molecule has 0 aromatic rings. The molecule has 0 unspecified atom stereocenters. The Balaban J connectivity index is 0.000000267. The predicted molar refractivity (Wildman–Crippen MR) is 299 cm³/mol. The number of carbonyl (C=O) groups is 12. The summed E-state index contributed by atoms with van der Waals surface area (Å²) in [7, 11) is 0. The van der Waals surface area contributed by atoms with E-state index in [9.17, 15) is 57.5 Å². The second kappa shape index (κ2) is 29.8. The third-order valence-electron chi connectivity index (χ3n) is 16.2. The standard InChI is InChI=1S/C31H36N4O8.C31H41N3O6/c1-3-15-32(18-13-24(37)33(16-4-2)19-14-27(40)43-35-25(38)11-12-26(35)39)23(36)8-6-5-7-17-34-30(41)28-21-9-10-22(20-21)29(28)31(34)42;1-6-16-32(19-14-25(36)33(17-7-2)20-15-26(37)40-31(3,4)5)24(35)11-9-8-10-18-34-29(38)27-22-12-13-23(21-22)28(27)30(34)39/h1-2,9-10,21-22,28-29H,5-8,11-20H2;1-2,12-13,22-23,27-28H,8-11,14-21H2,3-5H3/t21-,22+,28+,29-;22-,23+,27+,28-. The Morgan fingerprint density at radius 3 is 1.11 bits per heavy atom. The topological polar surface area (TPSA) is 246 Å². The number of ether oxygens (including phenoxy) is 1. The van der Waals surface area contributed by atoms with Crippen molar-refractivity contribution in [3.63, 3.8) is 0 Å². The summed E-state index contributed by atoms with van der Waals surface area (Å²) in [4.78, 5) is 163. The lowest BCUT2D eigenvalue weighted by atomic mass is 9.85. The number of rotatable bonds is 29. The van der Waals surface area contributed by atoms with E-state index in [0.29, 0.717) is 56.7 Å². The highest BCUT2D eigenvalue weighted by molar-refractivity contribution is 6.07. The normalized spacial score (nSPS) is 23.0. The van der Waals surface area contributed by atoms with Crippen molar-refractivity contribution in [1.82, 2.24) is 34.5 Å². The van der Waals surface area contributed by atoms with E-state index in [-0.39, 0.29) is 192 Å². The van der Waals surface area contributed by atoms with Gasteiger partial charge in [-0.05, 0) is 83.0 Å². The van der Waals surface area contributed by atoms with Gasteiger partial charge in [0.15, 0.2) is 0 Å². The molecule has 10 amide bonds. The van der Waals surface area contributed by atoms with E-state index >= 15 is 0 Å². The molecule has 3 aliphatic heterocycles. The van der Waals surface area contributed by atoms with Crippen LogP contribution in [0.5, 0.6) is 0 Å². The van der Waals surface area contributed by atoms with Crippen LogP contribution in [0.25, 0.3) is 0 Å². The molecule has 21 nitrogen and oxygen atoms in total. The molecule has 83 heavy (non-hydrogen) atoms. The lowest BCUT2D eigenvalue weighted by molar-refractivity contribution is -0.197. The molecule has 3 heterocycles. The highest BCUT2D eigenvalue weighted by Gasteiger charge is 2.60. The van der Waals surface area contributed by atoms with Crippen LogP contribution in [0.3, 0.4) is 0 Å². The SMILES string of the molecule is C#CCN(CCC(=O)OC(C)(C)C)C(=O)CCN(CC#C)C(=O)CCCCCN1C(=O)[C@@H]2[C@H](C1=O)[C@H]1C=C[C@@H]2C1.C#CCN(CCC(=O)ON1C(=O)CCC1=O)C(=O)CCN(CC#C)C(=O)CCCCCN1C(=O)[C@@H]2[C@H](C1=O)[C@H]1C=C[C@@H]2C1. The number of imide groups is 3. The first kappa shape index (κ1) is 64.1. The van der Waals surface area contributed by atoms with E-state index in [1.807, 2.05) is 0 Å². The van der Waals surface area contributed by atoms with Crippen molar-refractivity contribution in [2.75, 3.05) is 65.4 Å². The number of hydrogen-bond donors (Lipinski definition) is 0. The van der Waals surface area contributed by atoms with Gasteiger partial charge in [0.25, 0.3) is 11.8 Å². The highest BCUT2D eigenvalue weighted by atomic mass is 16.7. The Bertz CT molecular complexity index is 2690. The van der Waals surface area contributed by atoms with Crippen molar-refractivity contribution in [2.24, 2.45) is 47.3 Å². The van der Waals surface area contributed by atoms with E-state index in [1.165, 1.54) is 29.4 Å². The number of nitrogens with zero attached hydrogens (tertiary/aromatic N) is 7. The fourth-order valence-electron chi connectivity index (χ4n) is 12.2. The van der Waals surface area contributed by atoms with Crippen molar-refractivity contribution >= 4 is 71.0 Å². The average molecular weight is 1140 g/mol. The van der Waals surface area contributed by atoms with E-state index in [0.717, 1.165) is 12.8 Å². The Labute approximate surface area is 486 Å². The molecule has 4 bridgehead atoms. The number of hydroxylamine groups is 2. The largest absolute Gasteiger partial charge is 0.460 e. The number of hydrogen-bond acceptors (Lipinski definition) is 14. The maximum atomic E-state index is 12.8. The summed E-state index contributed by atoms with van der Waals surface area (Å²) in [5, 5.41) is 0.440. The van der Waals surface area contributed by atoms with Gasteiger partial charge in [-0.2, -0.15) is 0 Å². The van der Waals surface area contributed by atoms with E-state index < -0.39 is 35.3 Å². The lowest BCUT2D eigenvalue weighted by Gasteiger charge is -2.25. The highest BCUT2D eigenvalue weighted by Crippen LogP contribution is 2.53. The summed E-state index contributed by atoms with van der Waals surface area (Å²) in [5.41, 5.74) is -0.617. The maximum Gasteiger partial charge on any atom is 0.334 e. The second-order valence-corrected chi connectivity index (χ2v) is 23.0. The predicted octanol–water partition coefficient (Wildman–Crippen LogP) is 3.06. The molecule has 21 heteroatoms. The van der Waals surface area contributed by atoms with Gasteiger partial charge in [0.1, 0.15) is 5.60 Å². The molecule has 8 atom stereocenters. The average Bonchev–Trinajstić information content (AvgIpc) is 2.05. The number of terminal acetylenes is 4. The van der Waals surface area contributed by atoms with Crippen LogP contribution in [-0.2, 0) is 67.1 Å². The molecule has 0 N–H and O–H groups in total. The minimum absolute atomic E-state index is 0.0153. The van der Waals surface area contributed by atoms with Gasteiger partial charge in [-0.25, -0.2) is 4.79 Å². The molecule has 0 aromatic heterocycles. The van der Waals surface area contributed by atoms with Crippen LogP contribution in [-0.4, -0.2) is 177 Å². The Hall–Kier alpha value is -8.04. The molecule has 7 rings (SSSR count). The molecule has 5 fully saturated rings. The molecule has 3 saturated heterocycles. The number of likely N-dealkylation sites (tertiary alicyclic amines) is 2. The fraction of sp³-hybridized carbons (Fsp3) is 0.613. The monoisotopic (exact) mass is 1140 g/mol. The fourth-order valence-corrected chi connectivity index (χ4v) is 12.2. The van der Waals surface area contributed by atoms with Gasteiger partial charge in [-0.1, -0.05) is 60.8 Å². The summed E-state index contributed by atoms with van der Waals surface area (Å²) >= 11 is 0. The van der Waals surface area contributed by atoms with Crippen LogP contribution >= 0.6 is 0 Å². The van der Waals surface area contributed by atoms with Gasteiger partial charge in [0.2, 0.25) is 47.3 Å². The third kappa shape index (κ3) is 16.6. The minimum atomic E-state index is -0.854. The summed E-state index contributed by atoms with van der Waals surface area (Å²) in [6.07, 6.45) is 35.6. The van der Waals surface area contributed by atoms with Crippen molar-refractivity contribution in [3.8, 4) is 49.4 Å². The van der Waals surface area contributed by atoms with E-state index in [1.54, 1.807) is 20.8 Å². The summed E-state index contributed by atoms with van der Waals surface area (Å²) < 4.78 is 5.29. The summed E-state index contributed by atoms with van der Waals surface area (Å²) in [6, 6.07) is 0. The Morgan fingerprint density at radius 1 is 0.470 bits per heavy atom. The first-order valence-electron chi connectivity index (χ1n) is 28.8. The summed E-state index contributed by atoms with van der Waals surface area (Å²) in [6.45, 7) is 6.34. The zero-order valence-corrected chi connectivity index (χ0v) is 48.0. The van der Waals surface area contributed by atoms with Gasteiger partial charge in [-0.15, -0.1) is 30.8 Å². The van der Waals surface area contributed by atoms with Crippen LogP contribution in [0.4, 0.5) is 0 Å². The van der Waals surface area contributed by atoms with E-state index in [4.69, 9.17) is 35.3 Å². The Morgan fingerprint density at radius 2 is 0.783 bits per heavy atom. The zero-order chi connectivity index (χ0) is 60.5. The number of carbonyl (C=O) groups excluding carboxylic acids is 12. The number of allylic oxidation sites excluding steroid dienone is 4. The lowest BCUT2D eigenvalue weighted by Crippen LogP contribution is -2.39. The van der Waals surface area contributed by atoms with Crippen LogP contribution in [0, 0.1) is 96.7 Å². The molecule has 2 saturated carbocycles. The molecule has 0 radical (unpaired) electrons. The Kier molecular flexibility index (Phi) is 23.0. The van der Waals surface area contributed by atoms with Gasteiger partial charge in [0.05, 0.1) is 62.7 Å².